The number of rotatable bonds is 4. The van der Waals surface area contributed by atoms with Gasteiger partial charge in [0, 0.05) is 12.1 Å². The maximum Gasteiger partial charge on any atom is 0.573 e. The number of pyridine rings is 1. The number of alkyl halides is 3. The second kappa shape index (κ2) is 5.17. The number of carboxylic acid groups (broad SMARTS) is 1. The number of nitrogens with zero attached hydrogens (tertiary/aromatic N) is 1. The van der Waals surface area contributed by atoms with E-state index in [9.17, 15) is 22.4 Å². The van der Waals surface area contributed by atoms with Crippen LogP contribution in [-0.4, -0.2) is 22.4 Å². The highest BCUT2D eigenvalue weighted by atomic mass is 19.4. The Morgan fingerprint density at radius 2 is 2.11 bits per heavy atom. The molecule has 1 aromatic heterocycles. The van der Waals surface area contributed by atoms with Crippen molar-refractivity contribution in [2.75, 3.05) is 0 Å². The molecule has 0 atom stereocenters. The summed E-state index contributed by atoms with van der Waals surface area (Å²) < 4.78 is 52.7. The van der Waals surface area contributed by atoms with Gasteiger partial charge in [-0.15, -0.1) is 13.2 Å². The Balaban J connectivity index is 3.15. The van der Waals surface area contributed by atoms with Crippen LogP contribution in [0.4, 0.5) is 17.6 Å². The SMILES string of the molecule is NCc1c(CC(=O)O)ncc(OC(F)(F)F)c1F. The fourth-order valence-corrected chi connectivity index (χ4v) is 1.25. The average Bonchev–Trinajstić information content (AvgIpc) is 2.20. The van der Waals surface area contributed by atoms with E-state index in [0.717, 1.165) is 0 Å². The summed E-state index contributed by atoms with van der Waals surface area (Å²) in [5.41, 5.74) is 4.49. The number of aromatic nitrogens is 1. The lowest BCUT2D eigenvalue weighted by molar-refractivity contribution is -0.275. The first kappa shape index (κ1) is 14.2. The minimum absolute atomic E-state index is 0.239. The van der Waals surface area contributed by atoms with Gasteiger partial charge in [0.2, 0.25) is 0 Å². The van der Waals surface area contributed by atoms with Crippen LogP contribution in [-0.2, 0) is 17.8 Å². The summed E-state index contributed by atoms with van der Waals surface area (Å²) in [5.74, 6) is -3.81. The van der Waals surface area contributed by atoms with E-state index in [1.54, 1.807) is 0 Å². The lowest BCUT2D eigenvalue weighted by Gasteiger charge is -2.13. The third-order valence-electron chi connectivity index (χ3n) is 1.92. The van der Waals surface area contributed by atoms with Crippen molar-refractivity contribution >= 4 is 5.97 Å². The summed E-state index contributed by atoms with van der Waals surface area (Å²) in [4.78, 5) is 13.9. The minimum atomic E-state index is -5.07. The van der Waals surface area contributed by atoms with Gasteiger partial charge in [0.15, 0.2) is 11.6 Å². The topological polar surface area (TPSA) is 85.4 Å². The van der Waals surface area contributed by atoms with E-state index >= 15 is 0 Å². The van der Waals surface area contributed by atoms with Crippen molar-refractivity contribution in [1.29, 1.82) is 0 Å². The molecule has 0 aliphatic rings. The summed E-state index contributed by atoms with van der Waals surface area (Å²) in [6.45, 7) is -0.490. The normalized spacial score (nSPS) is 11.4. The van der Waals surface area contributed by atoms with Crippen LogP contribution in [0.25, 0.3) is 0 Å². The van der Waals surface area contributed by atoms with Crippen LogP contribution in [0, 0.1) is 5.82 Å². The minimum Gasteiger partial charge on any atom is -0.481 e. The van der Waals surface area contributed by atoms with Crippen molar-refractivity contribution in [3.63, 3.8) is 0 Å². The fourth-order valence-electron chi connectivity index (χ4n) is 1.25. The first-order chi connectivity index (χ1) is 8.24. The van der Waals surface area contributed by atoms with Crippen LogP contribution in [0.5, 0.6) is 5.75 Å². The van der Waals surface area contributed by atoms with Crippen LogP contribution in [0.2, 0.25) is 0 Å². The second-order valence-corrected chi connectivity index (χ2v) is 3.18. The van der Waals surface area contributed by atoms with Crippen molar-refractivity contribution in [3.8, 4) is 5.75 Å². The maximum absolute atomic E-state index is 13.6. The molecule has 0 fully saturated rings. The second-order valence-electron chi connectivity index (χ2n) is 3.18. The highest BCUT2D eigenvalue weighted by molar-refractivity contribution is 5.70. The molecular formula is C9H8F4N2O3. The van der Waals surface area contributed by atoms with Gasteiger partial charge in [0.05, 0.1) is 18.3 Å². The number of nitrogens with two attached hydrogens (primary N) is 1. The molecule has 0 bridgehead atoms. The molecule has 0 saturated heterocycles. The van der Waals surface area contributed by atoms with Gasteiger partial charge in [0.1, 0.15) is 0 Å². The fraction of sp³-hybridized carbons (Fsp3) is 0.333. The summed E-state index contributed by atoms with van der Waals surface area (Å²) >= 11 is 0. The first-order valence-corrected chi connectivity index (χ1v) is 4.58. The number of ether oxygens (including phenoxy) is 1. The number of halogens is 4. The molecule has 18 heavy (non-hydrogen) atoms. The molecule has 0 aliphatic carbocycles. The predicted octanol–water partition coefficient (Wildman–Crippen LogP) is 1.21. The zero-order chi connectivity index (χ0) is 13.9. The Morgan fingerprint density at radius 1 is 1.50 bits per heavy atom. The van der Waals surface area contributed by atoms with Crippen molar-refractivity contribution in [1.82, 2.24) is 4.98 Å². The molecule has 0 saturated carbocycles. The van der Waals surface area contributed by atoms with E-state index in [4.69, 9.17) is 10.8 Å². The zero-order valence-electron chi connectivity index (χ0n) is 8.79. The molecule has 0 radical (unpaired) electrons. The van der Waals surface area contributed by atoms with Crippen molar-refractivity contribution in [2.24, 2.45) is 5.73 Å². The standard InChI is InChI=1S/C9H8F4N2O3/c10-8-4(2-14)5(1-7(16)17)15-3-6(8)18-9(11,12)13/h3H,1-2,14H2,(H,16,17). The third-order valence-corrected chi connectivity index (χ3v) is 1.92. The average molecular weight is 268 g/mol. The van der Waals surface area contributed by atoms with E-state index in [1.807, 2.05) is 0 Å². The molecule has 3 N–H and O–H groups in total. The molecule has 0 aromatic carbocycles. The Hall–Kier alpha value is -1.90. The molecule has 9 heteroatoms. The number of carboxylic acids is 1. The number of aliphatic carboxylic acids is 1. The monoisotopic (exact) mass is 268 g/mol. The highest BCUT2D eigenvalue weighted by Gasteiger charge is 2.33. The quantitative estimate of drug-likeness (QED) is 0.801. The molecule has 0 aliphatic heterocycles. The molecule has 0 amide bonds. The highest BCUT2D eigenvalue weighted by Crippen LogP contribution is 2.27. The molecule has 5 nitrogen and oxygen atoms in total. The Morgan fingerprint density at radius 3 is 2.56 bits per heavy atom. The van der Waals surface area contributed by atoms with Gasteiger partial charge in [-0.2, -0.15) is 0 Å². The van der Waals surface area contributed by atoms with Crippen LogP contribution >= 0.6 is 0 Å². The molecule has 1 rings (SSSR count). The van der Waals surface area contributed by atoms with E-state index in [1.165, 1.54) is 0 Å². The summed E-state index contributed by atoms with van der Waals surface area (Å²) in [5, 5.41) is 8.52. The summed E-state index contributed by atoms with van der Waals surface area (Å²) in [6.07, 6.45) is -5.24. The number of carbonyl (C=O) groups is 1. The lowest BCUT2D eigenvalue weighted by Crippen LogP contribution is -2.20. The van der Waals surface area contributed by atoms with Gasteiger partial charge in [-0.3, -0.25) is 9.78 Å². The molecular weight excluding hydrogens is 260 g/mol. The van der Waals surface area contributed by atoms with Crippen molar-refractivity contribution < 1.29 is 32.2 Å². The maximum atomic E-state index is 13.6. The molecule has 0 spiro atoms. The Labute approximate surface area is 98.2 Å². The zero-order valence-corrected chi connectivity index (χ0v) is 8.79. The molecule has 0 unspecified atom stereocenters. The summed E-state index contributed by atoms with van der Waals surface area (Å²) in [7, 11) is 0. The van der Waals surface area contributed by atoms with E-state index in [0.29, 0.717) is 6.20 Å². The third kappa shape index (κ3) is 3.55. The van der Waals surface area contributed by atoms with E-state index in [-0.39, 0.29) is 5.69 Å². The molecule has 100 valence electrons. The number of hydrogen-bond donors (Lipinski definition) is 2. The van der Waals surface area contributed by atoms with Gasteiger partial charge in [-0.1, -0.05) is 0 Å². The van der Waals surface area contributed by atoms with Gasteiger partial charge in [0.25, 0.3) is 0 Å². The number of hydrogen-bond acceptors (Lipinski definition) is 4. The van der Waals surface area contributed by atoms with Crippen LogP contribution < -0.4 is 10.5 Å². The van der Waals surface area contributed by atoms with Gasteiger partial charge in [-0.05, 0) is 0 Å². The predicted molar refractivity (Wildman–Crippen MR) is 50.1 cm³/mol. The van der Waals surface area contributed by atoms with Crippen molar-refractivity contribution in [3.05, 3.63) is 23.3 Å². The van der Waals surface area contributed by atoms with Crippen LogP contribution in [0.3, 0.4) is 0 Å². The van der Waals surface area contributed by atoms with Crippen molar-refractivity contribution in [2.45, 2.75) is 19.3 Å². The van der Waals surface area contributed by atoms with Crippen LogP contribution in [0.15, 0.2) is 6.20 Å². The van der Waals surface area contributed by atoms with E-state index in [2.05, 4.69) is 9.72 Å². The largest absolute Gasteiger partial charge is 0.573 e. The van der Waals surface area contributed by atoms with Gasteiger partial charge < -0.3 is 15.6 Å². The Kier molecular flexibility index (Phi) is 4.07. The lowest BCUT2D eigenvalue weighted by atomic mass is 10.1. The Bertz CT molecular complexity index is 462. The van der Waals surface area contributed by atoms with Gasteiger partial charge in [-0.25, -0.2) is 4.39 Å². The smallest absolute Gasteiger partial charge is 0.481 e. The first-order valence-electron chi connectivity index (χ1n) is 4.58. The molecule has 1 aromatic rings. The van der Waals surface area contributed by atoms with Gasteiger partial charge >= 0.3 is 12.3 Å². The molecule has 1 heterocycles. The summed E-state index contributed by atoms with van der Waals surface area (Å²) in [6, 6.07) is 0. The van der Waals surface area contributed by atoms with Crippen LogP contribution in [0.1, 0.15) is 11.3 Å². The van der Waals surface area contributed by atoms with E-state index < -0.39 is 42.4 Å².